The maximum atomic E-state index is 11.8. The summed E-state index contributed by atoms with van der Waals surface area (Å²) in [4.78, 5) is 11.8. The van der Waals surface area contributed by atoms with Crippen molar-refractivity contribution in [3.05, 3.63) is 17.7 Å². The Morgan fingerprint density at radius 1 is 1.13 bits per heavy atom. The van der Waals surface area contributed by atoms with E-state index in [4.69, 9.17) is 14.2 Å². The van der Waals surface area contributed by atoms with Gasteiger partial charge >= 0.3 is 0 Å². The Morgan fingerprint density at radius 3 is 2.30 bits per heavy atom. The van der Waals surface area contributed by atoms with E-state index >= 15 is 0 Å². The third-order valence-electron chi connectivity index (χ3n) is 3.67. The Bertz CT molecular complexity index is 587. The van der Waals surface area contributed by atoms with Gasteiger partial charge in [-0.15, -0.1) is 0 Å². The average molecular weight is 328 g/mol. The number of Topliss-reactive ketones (excluding diaryl/α,β-unsaturated/α-hetero) is 1. The molecule has 5 unspecified atom stereocenters. The lowest BCUT2D eigenvalue weighted by Gasteiger charge is -2.39. The molecule has 4 N–H and O–H groups in total. The van der Waals surface area contributed by atoms with Gasteiger partial charge in [-0.05, 0) is 13.8 Å². The van der Waals surface area contributed by atoms with Crippen LogP contribution in [0.3, 0.4) is 0 Å². The zero-order valence-corrected chi connectivity index (χ0v) is 13.0. The minimum absolute atomic E-state index is 0.0609. The Morgan fingerprint density at radius 2 is 1.74 bits per heavy atom. The SMILES string of the molecule is COc1cc(O)cc(OC2OC(C)C(O)C(O)C2O)c1C(C)=O. The molecule has 0 bridgehead atoms. The smallest absolute Gasteiger partial charge is 0.229 e. The first-order valence-electron chi connectivity index (χ1n) is 7.04. The lowest BCUT2D eigenvalue weighted by atomic mass is 10.00. The van der Waals surface area contributed by atoms with Crippen molar-refractivity contribution in [1.82, 2.24) is 0 Å². The molecular formula is C15H20O8. The van der Waals surface area contributed by atoms with Gasteiger partial charge in [0.25, 0.3) is 0 Å². The number of hydrogen-bond donors (Lipinski definition) is 4. The molecule has 0 aromatic heterocycles. The number of aliphatic hydroxyl groups is 3. The molecule has 0 amide bonds. The van der Waals surface area contributed by atoms with Crippen molar-refractivity contribution in [2.45, 2.75) is 44.6 Å². The van der Waals surface area contributed by atoms with Crippen LogP contribution in [0.15, 0.2) is 12.1 Å². The molecule has 23 heavy (non-hydrogen) atoms. The molecule has 128 valence electrons. The van der Waals surface area contributed by atoms with Gasteiger partial charge in [-0.1, -0.05) is 0 Å². The Labute approximate surface area is 132 Å². The van der Waals surface area contributed by atoms with Crippen molar-refractivity contribution < 1.29 is 39.4 Å². The van der Waals surface area contributed by atoms with Crippen LogP contribution in [0.1, 0.15) is 24.2 Å². The second kappa shape index (κ2) is 6.71. The molecule has 1 saturated heterocycles. The van der Waals surface area contributed by atoms with Gasteiger partial charge in [0.2, 0.25) is 6.29 Å². The van der Waals surface area contributed by atoms with E-state index in [1.54, 1.807) is 0 Å². The quantitative estimate of drug-likeness (QED) is 0.560. The van der Waals surface area contributed by atoms with Crippen LogP contribution in [0.5, 0.6) is 17.2 Å². The summed E-state index contributed by atoms with van der Waals surface area (Å²) in [5, 5.41) is 39.1. The van der Waals surface area contributed by atoms with Crippen LogP contribution >= 0.6 is 0 Å². The highest BCUT2D eigenvalue weighted by molar-refractivity contribution is 6.00. The summed E-state index contributed by atoms with van der Waals surface area (Å²) in [6.45, 7) is 2.80. The lowest BCUT2D eigenvalue weighted by molar-refractivity contribution is -0.268. The molecule has 1 aromatic rings. The van der Waals surface area contributed by atoms with Gasteiger partial charge in [0.05, 0.1) is 13.2 Å². The number of carbonyl (C=O) groups is 1. The minimum atomic E-state index is -1.53. The highest BCUT2D eigenvalue weighted by Crippen LogP contribution is 2.36. The maximum Gasteiger partial charge on any atom is 0.229 e. The van der Waals surface area contributed by atoms with Gasteiger partial charge in [-0.3, -0.25) is 4.79 Å². The van der Waals surface area contributed by atoms with E-state index in [0.717, 1.165) is 0 Å². The van der Waals surface area contributed by atoms with Crippen LogP contribution in [0.4, 0.5) is 0 Å². The number of carbonyl (C=O) groups excluding carboxylic acids is 1. The molecule has 0 aliphatic carbocycles. The van der Waals surface area contributed by atoms with E-state index in [9.17, 15) is 25.2 Å². The second-order valence-electron chi connectivity index (χ2n) is 5.38. The third kappa shape index (κ3) is 3.40. The second-order valence-corrected chi connectivity index (χ2v) is 5.38. The number of phenolic OH excluding ortho intramolecular Hbond substituents is 1. The Balaban J connectivity index is 2.36. The van der Waals surface area contributed by atoms with Gasteiger partial charge in [-0.2, -0.15) is 0 Å². The van der Waals surface area contributed by atoms with E-state index < -0.39 is 30.7 Å². The van der Waals surface area contributed by atoms with Crippen LogP contribution in [-0.2, 0) is 4.74 Å². The van der Waals surface area contributed by atoms with Crippen LogP contribution in [0.2, 0.25) is 0 Å². The summed E-state index contributed by atoms with van der Waals surface area (Å²) in [5.74, 6) is -0.544. The standard InChI is InChI=1S/C15H20O8/c1-6(16)11-9(21-3)4-8(17)5-10(11)23-15-14(20)13(19)12(18)7(2)22-15/h4-5,7,12-15,17-20H,1-3H3. The van der Waals surface area contributed by atoms with E-state index in [0.29, 0.717) is 0 Å². The number of hydrogen-bond acceptors (Lipinski definition) is 8. The predicted octanol–water partition coefficient (Wildman–Crippen LogP) is -0.190. The molecule has 0 spiro atoms. The number of ether oxygens (including phenoxy) is 3. The first-order valence-corrected chi connectivity index (χ1v) is 7.04. The van der Waals surface area contributed by atoms with Crippen molar-refractivity contribution in [1.29, 1.82) is 0 Å². The zero-order valence-electron chi connectivity index (χ0n) is 13.0. The minimum Gasteiger partial charge on any atom is -0.508 e. The van der Waals surface area contributed by atoms with Crippen molar-refractivity contribution in [2.75, 3.05) is 7.11 Å². The molecule has 8 heteroatoms. The maximum absolute atomic E-state index is 11.8. The number of benzene rings is 1. The molecule has 1 aromatic carbocycles. The summed E-state index contributed by atoms with van der Waals surface area (Å²) in [7, 11) is 1.33. The summed E-state index contributed by atoms with van der Waals surface area (Å²) in [6, 6.07) is 2.43. The summed E-state index contributed by atoms with van der Waals surface area (Å²) < 4.78 is 15.8. The number of rotatable bonds is 4. The van der Waals surface area contributed by atoms with Crippen molar-refractivity contribution >= 4 is 5.78 Å². The third-order valence-corrected chi connectivity index (χ3v) is 3.67. The van der Waals surface area contributed by atoms with Crippen LogP contribution < -0.4 is 9.47 Å². The summed E-state index contributed by atoms with van der Waals surface area (Å²) in [5.41, 5.74) is 0.0642. The van der Waals surface area contributed by atoms with Gasteiger partial charge in [0.1, 0.15) is 41.1 Å². The first kappa shape index (κ1) is 17.5. The van der Waals surface area contributed by atoms with Crippen molar-refractivity contribution in [3.8, 4) is 17.2 Å². The van der Waals surface area contributed by atoms with E-state index in [-0.39, 0.29) is 28.6 Å². The number of aromatic hydroxyl groups is 1. The first-order chi connectivity index (χ1) is 10.8. The average Bonchev–Trinajstić information content (AvgIpc) is 2.49. The van der Waals surface area contributed by atoms with Gasteiger partial charge in [0, 0.05) is 12.1 Å². The lowest BCUT2D eigenvalue weighted by Crippen LogP contribution is -2.58. The van der Waals surface area contributed by atoms with Crippen LogP contribution in [-0.4, -0.2) is 64.0 Å². The molecule has 1 aliphatic rings. The topological polar surface area (TPSA) is 126 Å². The largest absolute Gasteiger partial charge is 0.508 e. The molecule has 5 atom stereocenters. The summed E-state index contributed by atoms with van der Waals surface area (Å²) in [6.07, 6.45) is -6.39. The monoisotopic (exact) mass is 328 g/mol. The predicted molar refractivity (Wildman–Crippen MR) is 77.6 cm³/mol. The number of ketones is 1. The van der Waals surface area contributed by atoms with E-state index in [2.05, 4.69) is 0 Å². The fourth-order valence-corrected chi connectivity index (χ4v) is 2.41. The van der Waals surface area contributed by atoms with E-state index in [1.165, 1.54) is 33.1 Å². The molecular weight excluding hydrogens is 308 g/mol. The highest BCUT2D eigenvalue weighted by Gasteiger charge is 2.43. The van der Waals surface area contributed by atoms with Gasteiger partial charge in [-0.25, -0.2) is 0 Å². The Hall–Kier alpha value is -1.87. The fraction of sp³-hybridized carbons (Fsp3) is 0.533. The van der Waals surface area contributed by atoms with Gasteiger partial charge in [0.15, 0.2) is 5.78 Å². The molecule has 0 radical (unpaired) electrons. The fourth-order valence-electron chi connectivity index (χ4n) is 2.41. The number of aliphatic hydroxyl groups excluding tert-OH is 3. The van der Waals surface area contributed by atoms with Gasteiger partial charge < -0.3 is 34.6 Å². The highest BCUT2D eigenvalue weighted by atomic mass is 16.7. The van der Waals surface area contributed by atoms with Crippen LogP contribution in [0.25, 0.3) is 0 Å². The molecule has 2 rings (SSSR count). The van der Waals surface area contributed by atoms with Crippen molar-refractivity contribution in [2.24, 2.45) is 0 Å². The summed E-state index contributed by atoms with van der Waals surface area (Å²) >= 11 is 0. The normalized spacial score (nSPS) is 30.8. The van der Waals surface area contributed by atoms with Crippen molar-refractivity contribution in [3.63, 3.8) is 0 Å². The van der Waals surface area contributed by atoms with Crippen LogP contribution in [0, 0.1) is 0 Å². The molecule has 8 nitrogen and oxygen atoms in total. The van der Waals surface area contributed by atoms with E-state index in [1.807, 2.05) is 0 Å². The zero-order chi connectivity index (χ0) is 17.3. The number of methoxy groups -OCH3 is 1. The molecule has 1 aliphatic heterocycles. The number of phenols is 1. The molecule has 1 heterocycles. The Kier molecular flexibility index (Phi) is 5.10. The molecule has 1 fully saturated rings. The molecule has 0 saturated carbocycles.